The highest BCUT2D eigenvalue weighted by atomic mass is 16.4. The van der Waals surface area contributed by atoms with Gasteiger partial charge in [-0.3, -0.25) is 0 Å². The number of hydrogen-bond donors (Lipinski definition) is 1. The molecule has 0 atom stereocenters. The molecule has 0 aliphatic carbocycles. The van der Waals surface area contributed by atoms with Gasteiger partial charge in [0.1, 0.15) is 0 Å². The predicted octanol–water partition coefficient (Wildman–Crippen LogP) is -2.73. The largest absolute Gasteiger partial charge is 0.545 e. The first-order valence-corrected chi connectivity index (χ1v) is 3.77. The summed E-state index contributed by atoms with van der Waals surface area (Å²) in [5.74, 6) is -3.63. The third kappa shape index (κ3) is 3.07. The maximum absolute atomic E-state index is 10.3. The van der Waals surface area contributed by atoms with Crippen LogP contribution in [0.3, 0.4) is 0 Å². The fourth-order valence-electron chi connectivity index (χ4n) is 0.712. The Hall–Kier alpha value is -2.44. The predicted molar refractivity (Wildman–Crippen MR) is 43.8 cm³/mol. The molecule has 0 aliphatic heterocycles. The van der Waals surface area contributed by atoms with E-state index in [2.05, 4.69) is 15.3 Å². The number of carbonyl (C=O) groups is 2. The van der Waals surface area contributed by atoms with Crippen LogP contribution >= 0.6 is 0 Å². The van der Waals surface area contributed by atoms with Crippen molar-refractivity contribution in [2.75, 3.05) is 5.32 Å². The molecule has 1 aromatic rings. The molecule has 7 nitrogen and oxygen atoms in total. The van der Waals surface area contributed by atoms with Crippen LogP contribution in [0.15, 0.2) is 30.2 Å². The van der Waals surface area contributed by atoms with Gasteiger partial charge in [-0.05, 0) is 6.07 Å². The molecule has 0 aromatic carbocycles. The molecule has 0 aliphatic rings. The molecule has 0 fully saturated rings. The smallest absolute Gasteiger partial charge is 0.226 e. The molecule has 0 radical (unpaired) electrons. The summed E-state index contributed by atoms with van der Waals surface area (Å²) in [7, 11) is 0. The summed E-state index contributed by atoms with van der Waals surface area (Å²) in [4.78, 5) is 27.9. The van der Waals surface area contributed by atoms with Crippen molar-refractivity contribution >= 4 is 17.9 Å². The Kier molecular flexibility index (Phi) is 3.33. The summed E-state index contributed by atoms with van der Waals surface area (Å²) in [5.41, 5.74) is -1.01. The highest BCUT2D eigenvalue weighted by molar-refractivity contribution is 6.10. The van der Waals surface area contributed by atoms with E-state index in [1.54, 1.807) is 6.07 Å². The fourth-order valence-corrected chi connectivity index (χ4v) is 0.712. The lowest BCUT2D eigenvalue weighted by atomic mass is 10.3. The van der Waals surface area contributed by atoms with Gasteiger partial charge in [0.2, 0.25) is 5.95 Å². The Morgan fingerprint density at radius 3 is 2.20 bits per heavy atom. The van der Waals surface area contributed by atoms with Crippen LogP contribution in [0.1, 0.15) is 0 Å². The van der Waals surface area contributed by atoms with Crippen LogP contribution in [-0.4, -0.2) is 21.9 Å². The van der Waals surface area contributed by atoms with Crippen LogP contribution in [0.5, 0.6) is 0 Å². The number of carboxylic acids is 2. The van der Waals surface area contributed by atoms with Gasteiger partial charge >= 0.3 is 0 Å². The number of aliphatic carboxylic acids is 2. The van der Waals surface area contributed by atoms with Gasteiger partial charge in [-0.25, -0.2) is 9.97 Å². The highest BCUT2D eigenvalue weighted by Gasteiger charge is 1.99. The first-order chi connectivity index (χ1) is 7.11. The second-order valence-electron chi connectivity index (χ2n) is 2.35. The lowest BCUT2D eigenvalue weighted by Gasteiger charge is -2.09. The molecule has 1 N–H and O–H groups in total. The number of carboxylic acid groups (broad SMARTS) is 2. The first-order valence-electron chi connectivity index (χ1n) is 3.77. The minimum absolute atomic E-state index is 0.0671. The standard InChI is InChI=1S/C8H7N3O4/c12-6(13)5(7(14)15)4-11-8-9-2-1-3-10-8/h1-4H,(H,12,13)(H,14,15)(H,9,10,11)/p-2. The number of aromatic nitrogens is 2. The number of carbonyl (C=O) groups excluding carboxylic acids is 2. The van der Waals surface area contributed by atoms with E-state index in [0.29, 0.717) is 6.20 Å². The zero-order chi connectivity index (χ0) is 11.3. The Labute approximate surface area is 84.1 Å². The minimum Gasteiger partial charge on any atom is -0.545 e. The molecule has 15 heavy (non-hydrogen) atoms. The van der Waals surface area contributed by atoms with E-state index in [4.69, 9.17) is 0 Å². The van der Waals surface area contributed by atoms with Gasteiger partial charge in [-0.1, -0.05) is 0 Å². The first kappa shape index (κ1) is 10.6. The normalized spacial score (nSPS) is 9.07. The maximum atomic E-state index is 10.3. The van der Waals surface area contributed by atoms with Crippen LogP contribution < -0.4 is 15.5 Å². The molecule has 7 heteroatoms. The molecule has 1 rings (SSSR count). The molecule has 0 saturated heterocycles. The summed E-state index contributed by atoms with van der Waals surface area (Å²) < 4.78 is 0. The van der Waals surface area contributed by atoms with Gasteiger partial charge in [0.05, 0.1) is 11.9 Å². The van der Waals surface area contributed by atoms with Crippen LogP contribution in [-0.2, 0) is 9.59 Å². The molecule has 0 amide bonds. The van der Waals surface area contributed by atoms with Crippen molar-refractivity contribution in [1.29, 1.82) is 0 Å². The number of rotatable bonds is 4. The van der Waals surface area contributed by atoms with E-state index in [-0.39, 0.29) is 5.95 Å². The van der Waals surface area contributed by atoms with Crippen molar-refractivity contribution in [3.05, 3.63) is 30.2 Å². The Bertz CT molecular complexity index is 386. The lowest BCUT2D eigenvalue weighted by molar-refractivity contribution is -0.312. The highest BCUT2D eigenvalue weighted by Crippen LogP contribution is 1.96. The average Bonchev–Trinajstić information content (AvgIpc) is 2.18. The van der Waals surface area contributed by atoms with Crippen molar-refractivity contribution in [3.8, 4) is 0 Å². The fraction of sp³-hybridized carbons (Fsp3) is 0. The van der Waals surface area contributed by atoms with Gasteiger partial charge in [0.25, 0.3) is 0 Å². The second kappa shape index (κ2) is 4.70. The second-order valence-corrected chi connectivity index (χ2v) is 2.35. The third-order valence-corrected chi connectivity index (χ3v) is 1.35. The summed E-state index contributed by atoms with van der Waals surface area (Å²) >= 11 is 0. The summed E-state index contributed by atoms with van der Waals surface area (Å²) in [6.07, 6.45) is 3.50. The zero-order valence-corrected chi connectivity index (χ0v) is 7.34. The van der Waals surface area contributed by atoms with Crippen molar-refractivity contribution < 1.29 is 19.8 Å². The Morgan fingerprint density at radius 2 is 1.73 bits per heavy atom. The summed E-state index contributed by atoms with van der Waals surface area (Å²) in [6.45, 7) is 0. The van der Waals surface area contributed by atoms with E-state index in [9.17, 15) is 19.8 Å². The van der Waals surface area contributed by atoms with E-state index in [0.717, 1.165) is 0 Å². The zero-order valence-electron chi connectivity index (χ0n) is 7.34. The maximum Gasteiger partial charge on any atom is 0.226 e. The van der Waals surface area contributed by atoms with Gasteiger partial charge in [0.15, 0.2) is 0 Å². The SMILES string of the molecule is O=C([O-])C(=CNc1ncccn1)C(=O)[O-]. The van der Waals surface area contributed by atoms with E-state index < -0.39 is 17.5 Å². The molecule has 0 spiro atoms. The van der Waals surface area contributed by atoms with Crippen molar-refractivity contribution in [3.63, 3.8) is 0 Å². The van der Waals surface area contributed by atoms with Gasteiger partial charge in [-0.15, -0.1) is 0 Å². The summed E-state index contributed by atoms with van der Waals surface area (Å²) in [6, 6.07) is 1.55. The summed E-state index contributed by atoms with van der Waals surface area (Å²) in [5, 5.41) is 22.8. The number of nitrogens with zero attached hydrogens (tertiary/aromatic N) is 2. The van der Waals surface area contributed by atoms with Crippen LogP contribution in [0.25, 0.3) is 0 Å². The van der Waals surface area contributed by atoms with Gasteiger partial charge in [0, 0.05) is 24.2 Å². The van der Waals surface area contributed by atoms with Crippen LogP contribution in [0.2, 0.25) is 0 Å². The quantitative estimate of drug-likeness (QED) is 0.323. The van der Waals surface area contributed by atoms with Crippen molar-refractivity contribution in [2.24, 2.45) is 0 Å². The van der Waals surface area contributed by atoms with E-state index in [1.165, 1.54) is 12.4 Å². The Balaban J connectivity index is 2.79. The van der Waals surface area contributed by atoms with Crippen molar-refractivity contribution in [2.45, 2.75) is 0 Å². The van der Waals surface area contributed by atoms with Crippen molar-refractivity contribution in [1.82, 2.24) is 9.97 Å². The molecular weight excluding hydrogens is 202 g/mol. The molecule has 1 heterocycles. The Morgan fingerprint density at radius 1 is 1.20 bits per heavy atom. The molecular formula is C8H5N3O4-2. The lowest BCUT2D eigenvalue weighted by Crippen LogP contribution is -2.36. The van der Waals surface area contributed by atoms with Crippen LogP contribution in [0.4, 0.5) is 5.95 Å². The molecule has 0 saturated carbocycles. The van der Waals surface area contributed by atoms with Gasteiger partial charge < -0.3 is 25.1 Å². The number of anilines is 1. The molecule has 0 bridgehead atoms. The van der Waals surface area contributed by atoms with E-state index in [1.807, 2.05) is 0 Å². The number of hydrogen-bond acceptors (Lipinski definition) is 7. The van der Waals surface area contributed by atoms with Crippen LogP contribution in [0, 0.1) is 0 Å². The van der Waals surface area contributed by atoms with E-state index >= 15 is 0 Å². The average molecular weight is 207 g/mol. The topological polar surface area (TPSA) is 118 Å². The monoisotopic (exact) mass is 207 g/mol. The minimum atomic E-state index is -1.85. The molecule has 1 aromatic heterocycles. The molecule has 0 unspecified atom stereocenters. The number of nitrogens with one attached hydrogen (secondary N) is 1. The third-order valence-electron chi connectivity index (χ3n) is 1.35. The molecule has 78 valence electrons. The van der Waals surface area contributed by atoms with Gasteiger partial charge in [-0.2, -0.15) is 0 Å².